The number of aliphatic hydroxyl groups is 9. The minimum atomic E-state index is -1.92. The largest absolute Gasteiger partial charge is 0.396 e. The lowest BCUT2D eigenvalue weighted by Crippen LogP contribution is -2.72. The number of hydrogen-bond acceptors (Lipinski definition) is 14. The van der Waals surface area contributed by atoms with Crippen LogP contribution in [0.25, 0.3) is 0 Å². The number of Topliss-reactive ketones (excluding diaryl/α,β-unsaturated/α-hetero) is 1. The third-order valence-corrected chi connectivity index (χ3v) is 19.6. The maximum absolute atomic E-state index is 15.5. The van der Waals surface area contributed by atoms with Gasteiger partial charge in [0.25, 0.3) is 0 Å². The predicted octanol–water partition coefficient (Wildman–Crippen LogP) is 2.87. The van der Waals surface area contributed by atoms with Crippen molar-refractivity contribution in [2.24, 2.45) is 58.0 Å². The molecule has 0 aromatic rings. The Hall–Kier alpha value is -2.21. The molecule has 66 heavy (non-hydrogen) atoms. The molecule has 0 bridgehead atoms. The Morgan fingerprint density at radius 2 is 1.77 bits per heavy atom. The van der Waals surface area contributed by atoms with Gasteiger partial charge in [-0.25, -0.2) is 0 Å². The first kappa shape index (κ1) is 48.8. The zero-order valence-electron chi connectivity index (χ0n) is 39.7. The molecule has 9 rings (SSSR count). The van der Waals surface area contributed by atoms with Gasteiger partial charge in [-0.1, -0.05) is 51.3 Å². The summed E-state index contributed by atoms with van der Waals surface area (Å²) in [6, 6.07) is 0. The molecular weight excluding hydrogens is 843 g/mol. The van der Waals surface area contributed by atoms with E-state index in [1.54, 1.807) is 19.9 Å². The third-order valence-electron chi connectivity index (χ3n) is 19.6. The number of nitrogens with one attached hydrogen (secondary N) is 2. The van der Waals surface area contributed by atoms with Crippen molar-refractivity contribution in [1.29, 1.82) is 0 Å². The Morgan fingerprint density at radius 3 is 2.50 bits per heavy atom. The lowest BCUT2D eigenvalue weighted by molar-refractivity contribution is -0.262. The first-order valence-corrected chi connectivity index (χ1v) is 25.7. The molecule has 5 saturated carbocycles. The number of dihydropyridines is 1. The molecule has 13 N–H and O–H groups in total. The van der Waals surface area contributed by atoms with E-state index >= 15 is 4.79 Å². The Kier molecular flexibility index (Phi) is 13.0. The van der Waals surface area contributed by atoms with Crippen LogP contribution in [0.5, 0.6) is 0 Å². The second kappa shape index (κ2) is 17.6. The van der Waals surface area contributed by atoms with Crippen molar-refractivity contribution in [3.63, 3.8) is 0 Å². The molecule has 20 atom stereocenters. The summed E-state index contributed by atoms with van der Waals surface area (Å²) >= 11 is 0. The van der Waals surface area contributed by atoms with Crippen LogP contribution in [0.4, 0.5) is 0 Å². The average Bonchev–Trinajstić information content (AvgIpc) is 3.58. The number of ether oxygens (including phenoxy) is 1. The Labute approximate surface area is 390 Å². The Morgan fingerprint density at radius 1 is 1.02 bits per heavy atom. The monoisotopic (exact) mass is 924 g/mol. The summed E-state index contributed by atoms with van der Waals surface area (Å²) in [4.78, 5) is 15.5. The average molecular weight is 924 g/mol. The highest BCUT2D eigenvalue weighted by Crippen LogP contribution is 2.74. The highest BCUT2D eigenvalue weighted by molar-refractivity contribution is 6.00. The van der Waals surface area contributed by atoms with E-state index in [0.717, 1.165) is 49.8 Å². The zero-order chi connectivity index (χ0) is 47.4. The number of carbonyl (C=O) groups excluding carboxylic acids is 1. The summed E-state index contributed by atoms with van der Waals surface area (Å²) in [5.74, 6) is -3.22. The molecular formula is C52H81N3O11. The van der Waals surface area contributed by atoms with Crippen molar-refractivity contribution in [3.05, 3.63) is 46.8 Å². The van der Waals surface area contributed by atoms with Gasteiger partial charge < -0.3 is 67.1 Å². The lowest BCUT2D eigenvalue weighted by Gasteiger charge is -2.66. The number of nitrogens with two attached hydrogens (primary N) is 1. The van der Waals surface area contributed by atoms with Crippen LogP contribution in [0.2, 0.25) is 0 Å². The molecule has 0 aromatic carbocycles. The fourth-order valence-electron chi connectivity index (χ4n) is 16.7. The first-order valence-electron chi connectivity index (χ1n) is 25.7. The molecule has 2 heterocycles. The SMILES string of the molecule is CCCC1CCC2OC3C(C(O)CCCC3(O)C(C)(O)C3CCC4(O)C5=C(NCC(C)O)C(=O)C6CC(O)C(O)CC67CC(C6=C(CCCO)NC(N)C=C6)C=CC(O)(CC34C)C57)C2CC1. The molecule has 2 aliphatic heterocycles. The molecule has 0 radical (unpaired) electrons. The highest BCUT2D eigenvalue weighted by Gasteiger charge is 2.78. The molecule has 20 unspecified atom stereocenters. The maximum Gasteiger partial charge on any atom is 0.182 e. The molecule has 14 heteroatoms. The van der Waals surface area contributed by atoms with Crippen LogP contribution in [0.1, 0.15) is 137 Å². The number of aliphatic hydroxyl groups excluding tert-OH is 5. The van der Waals surface area contributed by atoms with Gasteiger partial charge in [-0.2, -0.15) is 0 Å². The van der Waals surface area contributed by atoms with E-state index in [1.165, 1.54) is 0 Å². The van der Waals surface area contributed by atoms with Crippen LogP contribution < -0.4 is 16.4 Å². The van der Waals surface area contributed by atoms with E-state index in [9.17, 15) is 46.0 Å². The second-order valence-corrected chi connectivity index (χ2v) is 23.4. The number of allylic oxidation sites excluding steroid dienone is 5. The predicted molar refractivity (Wildman–Crippen MR) is 247 cm³/mol. The standard InChI is InChI=1S/C52H81N3O11/c1-5-8-29-11-13-32-38(15-12-29)66-46-41(32)35(58)10-6-19-52(46,65)48(4,62)39-18-21-51(64)42-43(54-26-28(2)57)44(61)33-23-36(59)37(60)25-49(33)24-30(17-20-50(63,45(42)49)27-47(39,51)3)31-14-16-40(53)55-34(31)9-7-22-56/h14,16-17,20,28-30,32-33,35-41,45-46,54-60,62-65H,5-13,15,18-19,21-27,53H2,1-4H3. The normalized spacial score (nSPS) is 49.0. The van der Waals surface area contributed by atoms with E-state index < -0.39 is 99.5 Å². The van der Waals surface area contributed by atoms with Crippen LogP contribution in [0.3, 0.4) is 0 Å². The second-order valence-electron chi connectivity index (χ2n) is 23.4. The molecule has 9 aliphatic rings. The van der Waals surface area contributed by atoms with Gasteiger partial charge in [0, 0.05) is 47.9 Å². The van der Waals surface area contributed by atoms with Crippen molar-refractivity contribution in [3.8, 4) is 0 Å². The lowest BCUT2D eigenvalue weighted by atomic mass is 9.40. The fraction of sp³-hybridized carbons (Fsp3) is 0.827. The molecule has 1 spiro atoms. The van der Waals surface area contributed by atoms with Crippen LogP contribution >= 0.6 is 0 Å². The summed E-state index contributed by atoms with van der Waals surface area (Å²) in [5, 5.41) is 117. The summed E-state index contributed by atoms with van der Waals surface area (Å²) in [6.45, 7) is 7.27. The zero-order valence-corrected chi connectivity index (χ0v) is 39.7. The van der Waals surface area contributed by atoms with Gasteiger partial charge >= 0.3 is 0 Å². The van der Waals surface area contributed by atoms with E-state index in [2.05, 4.69) is 17.6 Å². The number of hydrogen-bond donors (Lipinski definition) is 12. The van der Waals surface area contributed by atoms with E-state index in [4.69, 9.17) is 10.5 Å². The molecule has 7 aliphatic carbocycles. The van der Waals surface area contributed by atoms with Crippen molar-refractivity contribution < 1.29 is 55.5 Å². The van der Waals surface area contributed by atoms with Gasteiger partial charge in [-0.05, 0) is 144 Å². The van der Waals surface area contributed by atoms with Crippen molar-refractivity contribution >= 4 is 5.78 Å². The van der Waals surface area contributed by atoms with Gasteiger partial charge in [0.05, 0.1) is 65.3 Å². The van der Waals surface area contributed by atoms with Crippen molar-refractivity contribution in [2.45, 2.75) is 202 Å². The van der Waals surface area contributed by atoms with Crippen LogP contribution in [0.15, 0.2) is 46.8 Å². The first-order chi connectivity index (χ1) is 31.2. The maximum atomic E-state index is 15.5. The van der Waals surface area contributed by atoms with Gasteiger partial charge in [-0.15, -0.1) is 0 Å². The molecule has 1 saturated heterocycles. The number of rotatable bonds is 11. The van der Waals surface area contributed by atoms with Crippen molar-refractivity contribution in [1.82, 2.24) is 10.6 Å². The Bertz CT molecular complexity index is 1990. The number of carbonyl (C=O) groups is 1. The summed E-state index contributed by atoms with van der Waals surface area (Å²) in [5.41, 5.74) is -1.50. The summed E-state index contributed by atoms with van der Waals surface area (Å²) in [7, 11) is 0. The van der Waals surface area contributed by atoms with Crippen LogP contribution in [-0.2, 0) is 9.53 Å². The molecule has 6 fully saturated rings. The van der Waals surface area contributed by atoms with Gasteiger partial charge in [-0.3, -0.25) is 4.79 Å². The smallest absolute Gasteiger partial charge is 0.182 e. The van der Waals surface area contributed by atoms with E-state index in [-0.39, 0.29) is 81.6 Å². The number of ketones is 1. The minimum absolute atomic E-state index is 0.0299. The van der Waals surface area contributed by atoms with Gasteiger partial charge in [0.15, 0.2) is 5.78 Å². The van der Waals surface area contributed by atoms with E-state index in [1.807, 2.05) is 25.2 Å². The summed E-state index contributed by atoms with van der Waals surface area (Å²) < 4.78 is 6.98. The van der Waals surface area contributed by atoms with Gasteiger partial charge in [0.1, 0.15) is 5.60 Å². The Balaban J connectivity index is 1.19. The molecule has 0 aromatic heterocycles. The minimum Gasteiger partial charge on any atom is -0.396 e. The quantitative estimate of drug-likeness (QED) is 0.133. The topological polar surface area (TPSA) is 258 Å². The third kappa shape index (κ3) is 7.39. The van der Waals surface area contributed by atoms with Crippen molar-refractivity contribution in [2.75, 3.05) is 13.2 Å². The fourth-order valence-corrected chi connectivity index (χ4v) is 16.7. The van der Waals surface area contributed by atoms with Gasteiger partial charge in [0.2, 0.25) is 0 Å². The summed E-state index contributed by atoms with van der Waals surface area (Å²) in [6.07, 6.45) is 10.6. The molecule has 0 amide bonds. The molecule has 14 nitrogen and oxygen atoms in total. The number of fused-ring (bicyclic) bond motifs is 5. The highest BCUT2D eigenvalue weighted by atomic mass is 16.5. The van der Waals surface area contributed by atoms with E-state index in [0.29, 0.717) is 37.2 Å². The van der Waals surface area contributed by atoms with Crippen LogP contribution in [-0.4, -0.2) is 130 Å². The molecule has 370 valence electrons. The van der Waals surface area contributed by atoms with Crippen LogP contribution in [0, 0.1) is 52.3 Å².